The number of urea groups is 1. The summed E-state index contributed by atoms with van der Waals surface area (Å²) in [5, 5.41) is 24.0. The fourth-order valence-electron chi connectivity index (χ4n) is 4.16. The summed E-state index contributed by atoms with van der Waals surface area (Å²) in [7, 11) is -5.73. The van der Waals surface area contributed by atoms with Crippen molar-refractivity contribution in [3.63, 3.8) is 0 Å². The zero-order valence-electron chi connectivity index (χ0n) is 16.3. The van der Waals surface area contributed by atoms with Gasteiger partial charge < -0.3 is 15.4 Å². The van der Waals surface area contributed by atoms with Crippen molar-refractivity contribution in [3.05, 3.63) is 52.6 Å². The van der Waals surface area contributed by atoms with Gasteiger partial charge in [-0.15, -0.1) is 0 Å². The first-order chi connectivity index (χ1) is 14.3. The average Bonchev–Trinajstić information content (AvgIpc) is 3.41. The zero-order chi connectivity index (χ0) is 21.3. The number of hydrogen-bond donors (Lipinski definition) is 4. The Kier molecular flexibility index (Phi) is 5.67. The maximum absolute atomic E-state index is 12.6. The maximum Gasteiger partial charge on any atom is 0.480 e. The van der Waals surface area contributed by atoms with Gasteiger partial charge in [-0.2, -0.15) is 13.5 Å². The molecule has 0 bridgehead atoms. The topological polar surface area (TPSA) is 134 Å². The predicted octanol–water partition coefficient (Wildman–Crippen LogP) is 0.939. The lowest BCUT2D eigenvalue weighted by molar-refractivity contribution is 0.256. The van der Waals surface area contributed by atoms with E-state index in [1.807, 2.05) is 4.72 Å². The van der Waals surface area contributed by atoms with E-state index in [9.17, 15) is 13.2 Å². The van der Waals surface area contributed by atoms with Crippen molar-refractivity contribution in [1.29, 1.82) is 0 Å². The standard InChI is InChI=1S/C19H23BN4O5S/c25-19(21-18-15-6-1-4-13(15)12-14-5-2-7-16(14)18)23-30(28,29)17-8-11-24(22-17)10-3-9-20(26)27/h3,8-9,11-12,26-27H,1-2,4-7,10H2,(H2,21,23,25). The van der Waals surface area contributed by atoms with Gasteiger partial charge >= 0.3 is 13.1 Å². The summed E-state index contributed by atoms with van der Waals surface area (Å²) in [6.07, 6.45) is 8.66. The van der Waals surface area contributed by atoms with Crippen LogP contribution < -0.4 is 10.0 Å². The quantitative estimate of drug-likeness (QED) is 0.504. The number of anilines is 1. The van der Waals surface area contributed by atoms with Gasteiger partial charge in [0.05, 0.1) is 6.54 Å². The molecule has 0 fully saturated rings. The first-order valence-corrected chi connectivity index (χ1v) is 11.4. The largest absolute Gasteiger partial charge is 0.480 e. The number of allylic oxidation sites excluding steroid dienone is 1. The van der Waals surface area contributed by atoms with E-state index < -0.39 is 23.2 Å². The van der Waals surface area contributed by atoms with Gasteiger partial charge in [0.25, 0.3) is 10.0 Å². The maximum atomic E-state index is 12.6. The molecule has 2 aliphatic carbocycles. The van der Waals surface area contributed by atoms with E-state index in [0.29, 0.717) is 0 Å². The lowest BCUT2D eigenvalue weighted by atomic mass is 9.92. The van der Waals surface area contributed by atoms with Crippen molar-refractivity contribution in [2.45, 2.75) is 50.1 Å². The van der Waals surface area contributed by atoms with Crippen LogP contribution in [0.15, 0.2) is 35.4 Å². The van der Waals surface area contributed by atoms with Crippen molar-refractivity contribution >= 4 is 28.9 Å². The highest BCUT2D eigenvalue weighted by Crippen LogP contribution is 2.38. The fraction of sp³-hybridized carbons (Fsp3) is 0.368. The van der Waals surface area contributed by atoms with Crippen LogP contribution in [-0.2, 0) is 42.3 Å². The van der Waals surface area contributed by atoms with E-state index in [1.165, 1.54) is 34.1 Å². The third kappa shape index (κ3) is 4.28. The van der Waals surface area contributed by atoms with Crippen molar-refractivity contribution in [2.24, 2.45) is 0 Å². The molecule has 1 aromatic carbocycles. The molecule has 0 aliphatic heterocycles. The number of aryl methyl sites for hydroxylation is 2. The lowest BCUT2D eigenvalue weighted by Gasteiger charge is -2.16. The molecule has 0 atom stereocenters. The minimum Gasteiger partial charge on any atom is -0.424 e. The van der Waals surface area contributed by atoms with Crippen LogP contribution in [0.25, 0.3) is 0 Å². The van der Waals surface area contributed by atoms with E-state index in [1.54, 1.807) is 0 Å². The van der Waals surface area contributed by atoms with Crippen LogP contribution in [0.3, 0.4) is 0 Å². The molecule has 0 unspecified atom stereocenters. The van der Waals surface area contributed by atoms with Gasteiger partial charge in [0.1, 0.15) is 0 Å². The highest BCUT2D eigenvalue weighted by molar-refractivity contribution is 7.90. The molecule has 2 amide bonds. The fourth-order valence-corrected chi connectivity index (χ4v) is 5.01. The third-order valence-corrected chi connectivity index (χ3v) is 6.65. The number of benzene rings is 1. The van der Waals surface area contributed by atoms with Crippen LogP contribution in [0, 0.1) is 0 Å². The molecule has 0 saturated carbocycles. The van der Waals surface area contributed by atoms with Gasteiger partial charge in [0, 0.05) is 11.9 Å². The minimum atomic E-state index is -4.15. The zero-order valence-corrected chi connectivity index (χ0v) is 17.2. The van der Waals surface area contributed by atoms with Crippen molar-refractivity contribution in [1.82, 2.24) is 14.5 Å². The Morgan fingerprint density at radius 1 is 1.17 bits per heavy atom. The number of carbonyl (C=O) groups is 1. The number of sulfonamides is 1. The lowest BCUT2D eigenvalue weighted by Crippen LogP contribution is -2.35. The Balaban J connectivity index is 1.48. The van der Waals surface area contributed by atoms with E-state index in [0.717, 1.165) is 61.3 Å². The van der Waals surface area contributed by atoms with Gasteiger partial charge in [-0.25, -0.2) is 9.52 Å². The van der Waals surface area contributed by atoms with Gasteiger partial charge in [0.2, 0.25) is 0 Å². The number of rotatable bonds is 6. The molecule has 4 N–H and O–H groups in total. The monoisotopic (exact) mass is 430 g/mol. The summed E-state index contributed by atoms with van der Waals surface area (Å²) in [6, 6.07) is 2.71. The van der Waals surface area contributed by atoms with E-state index >= 15 is 0 Å². The predicted molar refractivity (Wildman–Crippen MR) is 111 cm³/mol. The Morgan fingerprint density at radius 3 is 2.47 bits per heavy atom. The van der Waals surface area contributed by atoms with Crippen molar-refractivity contribution in [2.75, 3.05) is 5.32 Å². The number of nitrogens with one attached hydrogen (secondary N) is 2. The molecule has 0 saturated heterocycles. The van der Waals surface area contributed by atoms with E-state index in [4.69, 9.17) is 10.0 Å². The molecule has 4 rings (SSSR count). The summed E-state index contributed by atoms with van der Waals surface area (Å²) in [5.74, 6) is 1.14. The summed E-state index contributed by atoms with van der Waals surface area (Å²) in [6.45, 7) is 0.154. The smallest absolute Gasteiger partial charge is 0.424 e. The molecular weight excluding hydrogens is 407 g/mol. The van der Waals surface area contributed by atoms with E-state index in [-0.39, 0.29) is 11.6 Å². The van der Waals surface area contributed by atoms with Crippen LogP contribution >= 0.6 is 0 Å². The number of amides is 2. The number of carbonyl (C=O) groups excluding carboxylic acids is 1. The number of fused-ring (bicyclic) bond motifs is 2. The summed E-state index contributed by atoms with van der Waals surface area (Å²) >= 11 is 0. The summed E-state index contributed by atoms with van der Waals surface area (Å²) in [4.78, 5) is 12.6. The number of nitrogens with zero attached hydrogens (tertiary/aromatic N) is 2. The van der Waals surface area contributed by atoms with Crippen molar-refractivity contribution in [3.8, 4) is 0 Å². The van der Waals surface area contributed by atoms with Crippen LogP contribution in [0.2, 0.25) is 0 Å². The Bertz CT molecular complexity index is 1080. The first-order valence-electron chi connectivity index (χ1n) is 9.90. The molecule has 158 valence electrons. The number of aromatic nitrogens is 2. The average molecular weight is 430 g/mol. The minimum absolute atomic E-state index is 0.154. The van der Waals surface area contributed by atoms with Crippen LogP contribution in [0.4, 0.5) is 10.5 Å². The molecule has 2 aliphatic rings. The summed E-state index contributed by atoms with van der Waals surface area (Å²) in [5.41, 5.74) is 5.49. The normalized spacial score (nSPS) is 15.3. The van der Waals surface area contributed by atoms with Crippen molar-refractivity contribution < 1.29 is 23.3 Å². The second kappa shape index (κ2) is 8.25. The Morgan fingerprint density at radius 2 is 1.83 bits per heavy atom. The first kappa shape index (κ1) is 20.6. The Labute approximate surface area is 175 Å². The number of hydrogen-bond acceptors (Lipinski definition) is 6. The van der Waals surface area contributed by atoms with Crippen LogP contribution in [0.1, 0.15) is 35.1 Å². The van der Waals surface area contributed by atoms with Gasteiger partial charge in [0.15, 0.2) is 5.03 Å². The molecule has 0 spiro atoms. The van der Waals surface area contributed by atoms with Gasteiger partial charge in [-0.1, -0.05) is 18.1 Å². The van der Waals surface area contributed by atoms with Gasteiger partial charge in [-0.3, -0.25) is 4.68 Å². The molecule has 11 heteroatoms. The van der Waals surface area contributed by atoms with Crippen LogP contribution in [0.5, 0.6) is 0 Å². The molecule has 2 aromatic rings. The summed E-state index contributed by atoms with van der Waals surface area (Å²) < 4.78 is 28.4. The second-order valence-corrected chi connectivity index (χ2v) is 9.14. The highest BCUT2D eigenvalue weighted by Gasteiger charge is 2.27. The SMILES string of the molecule is O=C(Nc1c2c(cc3c1CCC3)CCC2)NS(=O)(=O)c1ccn(CC=CB(O)O)n1. The third-order valence-electron chi connectivity index (χ3n) is 5.43. The van der Waals surface area contributed by atoms with E-state index in [2.05, 4.69) is 16.5 Å². The van der Waals surface area contributed by atoms with Crippen LogP contribution in [-0.4, -0.2) is 41.4 Å². The Hall–Kier alpha value is -2.63. The molecule has 1 aromatic heterocycles. The molecule has 1 heterocycles. The molecule has 9 nitrogen and oxygen atoms in total. The molecular formula is C19H23BN4O5S. The highest BCUT2D eigenvalue weighted by atomic mass is 32.2. The molecule has 0 radical (unpaired) electrons. The van der Waals surface area contributed by atoms with Gasteiger partial charge in [-0.05, 0) is 66.8 Å². The second-order valence-electron chi connectivity index (χ2n) is 7.51. The molecule has 30 heavy (non-hydrogen) atoms.